The van der Waals surface area contributed by atoms with E-state index in [1.165, 1.54) is 16.9 Å². The maximum absolute atomic E-state index is 5.21. The molecule has 0 fully saturated rings. The van der Waals surface area contributed by atoms with Crippen molar-refractivity contribution in [1.82, 2.24) is 4.90 Å². The van der Waals surface area contributed by atoms with E-state index in [1.54, 1.807) is 7.11 Å². The first-order valence-electron chi connectivity index (χ1n) is 6.44. The number of thioether (sulfide) groups is 1. The standard InChI is InChI=1S/C14H25NOS2/c1-12-6-10-18-14(12)11-15(8-9-16-3)7-5-13(2)17-4/h6,10,13H,5,7-9,11H2,1-4H3. The lowest BCUT2D eigenvalue weighted by molar-refractivity contribution is 0.144. The summed E-state index contributed by atoms with van der Waals surface area (Å²) in [4.78, 5) is 4.00. The first-order chi connectivity index (χ1) is 8.67. The molecule has 0 radical (unpaired) electrons. The normalized spacial score (nSPS) is 13.2. The second-order valence-electron chi connectivity index (χ2n) is 4.63. The van der Waals surface area contributed by atoms with Crippen LogP contribution >= 0.6 is 23.1 Å². The molecule has 0 saturated carbocycles. The van der Waals surface area contributed by atoms with Gasteiger partial charge in [-0.2, -0.15) is 11.8 Å². The number of thiophene rings is 1. The second-order valence-corrected chi connectivity index (χ2v) is 6.91. The molecular weight excluding hydrogens is 262 g/mol. The van der Waals surface area contributed by atoms with Crippen LogP contribution in [-0.2, 0) is 11.3 Å². The van der Waals surface area contributed by atoms with Gasteiger partial charge >= 0.3 is 0 Å². The van der Waals surface area contributed by atoms with Gasteiger partial charge in [-0.3, -0.25) is 4.90 Å². The Morgan fingerprint density at radius 3 is 2.78 bits per heavy atom. The van der Waals surface area contributed by atoms with Gasteiger partial charge in [-0.1, -0.05) is 6.92 Å². The lowest BCUT2D eigenvalue weighted by Gasteiger charge is -2.23. The van der Waals surface area contributed by atoms with Gasteiger partial charge in [0.15, 0.2) is 0 Å². The summed E-state index contributed by atoms with van der Waals surface area (Å²) >= 11 is 3.81. The van der Waals surface area contributed by atoms with Gasteiger partial charge in [0.1, 0.15) is 0 Å². The van der Waals surface area contributed by atoms with Crippen LogP contribution in [-0.4, -0.2) is 43.2 Å². The molecule has 0 N–H and O–H groups in total. The van der Waals surface area contributed by atoms with Crippen molar-refractivity contribution in [1.29, 1.82) is 0 Å². The van der Waals surface area contributed by atoms with E-state index in [0.29, 0.717) is 0 Å². The van der Waals surface area contributed by atoms with Gasteiger partial charge in [0, 0.05) is 30.3 Å². The topological polar surface area (TPSA) is 12.5 Å². The molecule has 0 bridgehead atoms. The molecule has 0 aromatic carbocycles. The van der Waals surface area contributed by atoms with Crippen molar-refractivity contribution in [3.05, 3.63) is 21.9 Å². The predicted molar refractivity (Wildman–Crippen MR) is 83.8 cm³/mol. The van der Waals surface area contributed by atoms with Crippen molar-refractivity contribution in [2.75, 3.05) is 33.1 Å². The molecule has 104 valence electrons. The Hall–Kier alpha value is -0.0300. The van der Waals surface area contributed by atoms with E-state index < -0.39 is 0 Å². The molecule has 0 aliphatic heterocycles. The monoisotopic (exact) mass is 287 g/mol. The van der Waals surface area contributed by atoms with Crippen LogP contribution in [0.1, 0.15) is 23.8 Å². The summed E-state index contributed by atoms with van der Waals surface area (Å²) < 4.78 is 5.21. The van der Waals surface area contributed by atoms with E-state index in [0.717, 1.165) is 31.5 Å². The second kappa shape index (κ2) is 8.97. The van der Waals surface area contributed by atoms with Crippen LogP contribution in [0.5, 0.6) is 0 Å². The summed E-state index contributed by atoms with van der Waals surface area (Å²) in [7, 11) is 1.78. The highest BCUT2D eigenvalue weighted by Crippen LogP contribution is 2.19. The van der Waals surface area contributed by atoms with Crippen LogP contribution in [0.3, 0.4) is 0 Å². The first kappa shape index (κ1) is 16.0. The van der Waals surface area contributed by atoms with E-state index in [4.69, 9.17) is 4.74 Å². The first-order valence-corrected chi connectivity index (χ1v) is 8.61. The number of aryl methyl sites for hydroxylation is 1. The van der Waals surface area contributed by atoms with Crippen molar-refractivity contribution >= 4 is 23.1 Å². The minimum atomic E-state index is 0.736. The molecular formula is C14H25NOS2. The average molecular weight is 287 g/mol. The van der Waals surface area contributed by atoms with E-state index >= 15 is 0 Å². The summed E-state index contributed by atoms with van der Waals surface area (Å²) in [5.74, 6) is 0. The Labute approximate surface area is 120 Å². The molecule has 1 aromatic heterocycles. The minimum absolute atomic E-state index is 0.736. The molecule has 0 spiro atoms. The van der Waals surface area contributed by atoms with Crippen LogP contribution in [0.4, 0.5) is 0 Å². The van der Waals surface area contributed by atoms with E-state index in [1.807, 2.05) is 23.1 Å². The smallest absolute Gasteiger partial charge is 0.0589 e. The zero-order valence-corrected chi connectivity index (χ0v) is 13.6. The highest BCUT2D eigenvalue weighted by molar-refractivity contribution is 7.99. The average Bonchev–Trinajstić information content (AvgIpc) is 2.77. The van der Waals surface area contributed by atoms with E-state index in [2.05, 4.69) is 36.4 Å². The quantitative estimate of drug-likeness (QED) is 0.688. The van der Waals surface area contributed by atoms with Crippen molar-refractivity contribution in [2.24, 2.45) is 0 Å². The SMILES string of the molecule is COCCN(CCC(C)SC)Cc1sccc1C. The van der Waals surface area contributed by atoms with Crippen LogP contribution in [0.25, 0.3) is 0 Å². The number of hydrogen-bond donors (Lipinski definition) is 0. The molecule has 1 heterocycles. The highest BCUT2D eigenvalue weighted by atomic mass is 32.2. The maximum atomic E-state index is 5.21. The third-order valence-electron chi connectivity index (χ3n) is 3.20. The molecule has 1 rings (SSSR count). The number of rotatable bonds is 9. The molecule has 1 atom stereocenters. The van der Waals surface area contributed by atoms with Crippen molar-refractivity contribution in [3.8, 4) is 0 Å². The zero-order valence-electron chi connectivity index (χ0n) is 11.9. The fourth-order valence-corrected chi connectivity index (χ4v) is 3.03. The fourth-order valence-electron chi connectivity index (χ4n) is 1.74. The summed E-state index contributed by atoms with van der Waals surface area (Å²) in [6.07, 6.45) is 3.43. The summed E-state index contributed by atoms with van der Waals surface area (Å²) in [5, 5.41) is 2.92. The van der Waals surface area contributed by atoms with E-state index in [9.17, 15) is 0 Å². The van der Waals surface area contributed by atoms with Crippen molar-refractivity contribution in [3.63, 3.8) is 0 Å². The number of nitrogens with zero attached hydrogens (tertiary/aromatic N) is 1. The lowest BCUT2D eigenvalue weighted by atomic mass is 10.2. The fraction of sp³-hybridized carbons (Fsp3) is 0.714. The van der Waals surface area contributed by atoms with Crippen LogP contribution in [0, 0.1) is 6.92 Å². The van der Waals surface area contributed by atoms with Crippen molar-refractivity contribution < 1.29 is 4.74 Å². The van der Waals surface area contributed by atoms with Gasteiger partial charge in [-0.05, 0) is 43.2 Å². The van der Waals surface area contributed by atoms with Gasteiger partial charge in [0.25, 0.3) is 0 Å². The Morgan fingerprint density at radius 2 is 2.22 bits per heavy atom. The number of hydrogen-bond acceptors (Lipinski definition) is 4. The maximum Gasteiger partial charge on any atom is 0.0589 e. The summed E-state index contributed by atoms with van der Waals surface area (Å²) in [5.41, 5.74) is 1.42. The molecule has 0 amide bonds. The van der Waals surface area contributed by atoms with Gasteiger partial charge in [-0.15, -0.1) is 11.3 Å². The van der Waals surface area contributed by atoms with Gasteiger partial charge in [0.2, 0.25) is 0 Å². The van der Waals surface area contributed by atoms with E-state index in [-0.39, 0.29) is 0 Å². The molecule has 0 saturated heterocycles. The lowest BCUT2D eigenvalue weighted by Crippen LogP contribution is -2.29. The highest BCUT2D eigenvalue weighted by Gasteiger charge is 2.10. The number of methoxy groups -OCH3 is 1. The Morgan fingerprint density at radius 1 is 1.44 bits per heavy atom. The summed E-state index contributed by atoms with van der Waals surface area (Å²) in [6, 6.07) is 2.21. The molecule has 18 heavy (non-hydrogen) atoms. The minimum Gasteiger partial charge on any atom is -0.383 e. The third-order valence-corrected chi connectivity index (χ3v) is 5.25. The Bertz CT molecular complexity index is 327. The molecule has 0 aliphatic carbocycles. The molecule has 2 nitrogen and oxygen atoms in total. The third kappa shape index (κ3) is 5.74. The Kier molecular flexibility index (Phi) is 7.98. The Balaban J connectivity index is 2.47. The van der Waals surface area contributed by atoms with Crippen LogP contribution < -0.4 is 0 Å². The van der Waals surface area contributed by atoms with Gasteiger partial charge in [0.05, 0.1) is 6.61 Å². The molecule has 1 aromatic rings. The predicted octanol–water partition coefficient (Wildman–Crippen LogP) is 3.65. The largest absolute Gasteiger partial charge is 0.383 e. The summed E-state index contributed by atoms with van der Waals surface area (Å²) in [6.45, 7) is 8.56. The van der Waals surface area contributed by atoms with Crippen LogP contribution in [0.15, 0.2) is 11.4 Å². The molecule has 4 heteroatoms. The molecule has 1 unspecified atom stereocenters. The van der Waals surface area contributed by atoms with Gasteiger partial charge < -0.3 is 4.74 Å². The zero-order chi connectivity index (χ0) is 13.4. The van der Waals surface area contributed by atoms with Crippen molar-refractivity contribution in [2.45, 2.75) is 32.1 Å². The van der Waals surface area contributed by atoms with Crippen LogP contribution in [0.2, 0.25) is 0 Å². The number of ether oxygens (including phenoxy) is 1. The van der Waals surface area contributed by atoms with Gasteiger partial charge in [-0.25, -0.2) is 0 Å². The molecule has 0 aliphatic rings.